The summed E-state index contributed by atoms with van der Waals surface area (Å²) >= 11 is 0. The van der Waals surface area contributed by atoms with Gasteiger partial charge in [0.05, 0.1) is 29.8 Å². The molecule has 1 saturated heterocycles. The predicted octanol–water partition coefficient (Wildman–Crippen LogP) is 3.76. The van der Waals surface area contributed by atoms with E-state index in [0.717, 1.165) is 58.4 Å². The van der Waals surface area contributed by atoms with Gasteiger partial charge in [0.25, 0.3) is 5.91 Å². The van der Waals surface area contributed by atoms with Gasteiger partial charge in [-0.15, -0.1) is 0 Å². The van der Waals surface area contributed by atoms with Gasteiger partial charge >= 0.3 is 0 Å². The molecular weight excluding hydrogens is 478 g/mol. The van der Waals surface area contributed by atoms with Crippen LogP contribution < -0.4 is 10.5 Å². The number of amides is 1. The van der Waals surface area contributed by atoms with Crippen LogP contribution in [0.15, 0.2) is 55.1 Å². The van der Waals surface area contributed by atoms with Crippen molar-refractivity contribution in [1.29, 1.82) is 0 Å². The normalized spacial score (nSPS) is 17.2. The zero-order valence-corrected chi connectivity index (χ0v) is 21.3. The van der Waals surface area contributed by atoms with Gasteiger partial charge in [0, 0.05) is 48.0 Å². The van der Waals surface area contributed by atoms with Crippen LogP contribution >= 0.6 is 0 Å². The van der Waals surface area contributed by atoms with Gasteiger partial charge in [0.1, 0.15) is 24.2 Å². The maximum absolute atomic E-state index is 13.4. The lowest BCUT2D eigenvalue weighted by atomic mass is 10.0. The summed E-state index contributed by atoms with van der Waals surface area (Å²) in [4.78, 5) is 28.8. The van der Waals surface area contributed by atoms with Crippen LogP contribution in [-0.4, -0.2) is 60.6 Å². The number of carbonyl (C=O) groups excluding carboxylic acids is 1. The monoisotopic (exact) mass is 507 g/mol. The van der Waals surface area contributed by atoms with E-state index in [0.29, 0.717) is 37.6 Å². The minimum Gasteiger partial charge on any atom is -0.489 e. The molecule has 192 valence electrons. The number of piperidine rings is 1. The summed E-state index contributed by atoms with van der Waals surface area (Å²) in [6, 6.07) is 12.3. The standard InChI is InChI=1S/C29H29N7O2/c1-18-4-2-5-20-11-24(36(26(18)20)15-19-13-31-17-32-14-19)28-33-23-10-21(12-25-27(23)35(28)8-9-38-25)29(37)34-7-3-6-22(30)16-34/h2,4-5,10-14,17,22H,3,6-9,15-16,30H2,1H3/t22-/m1/s1. The summed E-state index contributed by atoms with van der Waals surface area (Å²) in [5.41, 5.74) is 12.8. The van der Waals surface area contributed by atoms with Crippen LogP contribution in [0.3, 0.4) is 0 Å². The van der Waals surface area contributed by atoms with E-state index in [1.807, 2.05) is 29.4 Å². The molecular formula is C29H29N7O2. The zero-order valence-electron chi connectivity index (χ0n) is 21.3. The molecule has 0 spiro atoms. The highest BCUT2D eigenvalue weighted by Gasteiger charge is 2.28. The number of ether oxygens (including phenoxy) is 1. The van der Waals surface area contributed by atoms with Gasteiger partial charge in [0.15, 0.2) is 5.82 Å². The Bertz CT molecular complexity index is 1690. The molecule has 0 radical (unpaired) electrons. The molecule has 9 heteroatoms. The lowest BCUT2D eigenvalue weighted by Crippen LogP contribution is -2.45. The van der Waals surface area contributed by atoms with Crippen LogP contribution in [0.2, 0.25) is 0 Å². The summed E-state index contributed by atoms with van der Waals surface area (Å²) in [5.74, 6) is 1.55. The molecule has 2 aliphatic rings. The molecule has 1 fully saturated rings. The number of nitrogens with zero attached hydrogens (tertiary/aromatic N) is 6. The van der Waals surface area contributed by atoms with Crippen LogP contribution in [0.1, 0.15) is 34.3 Å². The largest absolute Gasteiger partial charge is 0.489 e. The molecule has 5 heterocycles. The number of aryl methyl sites for hydroxylation is 1. The highest BCUT2D eigenvalue weighted by Crippen LogP contribution is 2.38. The van der Waals surface area contributed by atoms with E-state index in [-0.39, 0.29) is 11.9 Å². The maximum atomic E-state index is 13.4. The number of aromatic nitrogens is 5. The SMILES string of the molecule is Cc1cccc2cc(-c3nc4cc(C(=O)N5CCC[C@@H](N)C5)cc5c4n3CCO5)n(Cc3cncnc3)c12. The third-order valence-electron chi connectivity index (χ3n) is 7.68. The predicted molar refractivity (Wildman–Crippen MR) is 145 cm³/mol. The van der Waals surface area contributed by atoms with E-state index in [1.165, 1.54) is 5.56 Å². The molecule has 0 unspecified atom stereocenters. The Kier molecular flexibility index (Phi) is 5.40. The van der Waals surface area contributed by atoms with E-state index in [9.17, 15) is 4.79 Å². The highest BCUT2D eigenvalue weighted by molar-refractivity contribution is 6.00. The van der Waals surface area contributed by atoms with Crippen molar-refractivity contribution < 1.29 is 9.53 Å². The lowest BCUT2D eigenvalue weighted by Gasteiger charge is -2.31. The molecule has 5 aromatic rings. The number of para-hydroxylation sites is 1. The molecule has 9 nitrogen and oxygen atoms in total. The smallest absolute Gasteiger partial charge is 0.254 e. The van der Waals surface area contributed by atoms with Crippen LogP contribution in [-0.2, 0) is 13.1 Å². The summed E-state index contributed by atoms with van der Waals surface area (Å²) < 4.78 is 10.6. The molecule has 38 heavy (non-hydrogen) atoms. The first kappa shape index (κ1) is 22.9. The van der Waals surface area contributed by atoms with Crippen molar-refractivity contribution in [3.63, 3.8) is 0 Å². The first-order chi connectivity index (χ1) is 18.6. The number of fused-ring (bicyclic) bond motifs is 1. The number of imidazole rings is 1. The van der Waals surface area contributed by atoms with E-state index in [1.54, 1.807) is 6.33 Å². The van der Waals surface area contributed by atoms with Crippen LogP contribution in [0.4, 0.5) is 0 Å². The second-order valence-corrected chi connectivity index (χ2v) is 10.3. The maximum Gasteiger partial charge on any atom is 0.254 e. The minimum atomic E-state index is -0.0163. The number of benzene rings is 2. The third kappa shape index (κ3) is 3.73. The Labute approximate surface area is 219 Å². The van der Waals surface area contributed by atoms with Gasteiger partial charge in [-0.05, 0) is 43.5 Å². The minimum absolute atomic E-state index is 0.0163. The summed E-state index contributed by atoms with van der Waals surface area (Å²) in [6.45, 7) is 5.26. The Hall–Kier alpha value is -4.24. The molecule has 1 amide bonds. The first-order valence-electron chi connectivity index (χ1n) is 13.1. The fourth-order valence-electron chi connectivity index (χ4n) is 5.96. The summed E-state index contributed by atoms with van der Waals surface area (Å²) in [5, 5.41) is 1.15. The van der Waals surface area contributed by atoms with Gasteiger partial charge in [-0.2, -0.15) is 0 Å². The topological polar surface area (TPSA) is 104 Å². The Balaban J connectivity index is 1.39. The van der Waals surface area contributed by atoms with Crippen molar-refractivity contribution in [3.8, 4) is 17.3 Å². The fraction of sp³-hybridized carbons (Fsp3) is 0.310. The number of nitrogens with two attached hydrogens (primary N) is 1. The van der Waals surface area contributed by atoms with Crippen molar-refractivity contribution in [2.45, 2.75) is 38.9 Å². The average molecular weight is 508 g/mol. The van der Waals surface area contributed by atoms with Crippen LogP contribution in [0.25, 0.3) is 33.5 Å². The molecule has 2 aromatic carbocycles. The van der Waals surface area contributed by atoms with E-state index >= 15 is 0 Å². The second-order valence-electron chi connectivity index (χ2n) is 10.3. The number of hydrogen-bond donors (Lipinski definition) is 1. The molecule has 7 rings (SSSR count). The van der Waals surface area contributed by atoms with Gasteiger partial charge in [-0.3, -0.25) is 4.79 Å². The lowest BCUT2D eigenvalue weighted by molar-refractivity contribution is 0.0708. The van der Waals surface area contributed by atoms with Crippen molar-refractivity contribution >= 4 is 27.8 Å². The third-order valence-corrected chi connectivity index (χ3v) is 7.68. The van der Waals surface area contributed by atoms with Crippen molar-refractivity contribution in [2.75, 3.05) is 19.7 Å². The zero-order chi connectivity index (χ0) is 25.8. The van der Waals surface area contributed by atoms with Crippen molar-refractivity contribution in [3.05, 3.63) is 71.8 Å². The van der Waals surface area contributed by atoms with Gasteiger partial charge in [0.2, 0.25) is 0 Å². The van der Waals surface area contributed by atoms with Gasteiger partial charge in [-0.1, -0.05) is 18.2 Å². The average Bonchev–Trinajstić information content (AvgIpc) is 3.49. The highest BCUT2D eigenvalue weighted by atomic mass is 16.5. The van der Waals surface area contributed by atoms with Gasteiger partial charge in [-0.25, -0.2) is 15.0 Å². The Morgan fingerprint density at radius 1 is 1.13 bits per heavy atom. The number of rotatable bonds is 4. The fourth-order valence-corrected chi connectivity index (χ4v) is 5.96. The molecule has 0 aliphatic carbocycles. The molecule has 2 N–H and O–H groups in total. The second kappa shape index (κ2) is 8.95. The molecule has 1 atom stereocenters. The molecule has 2 aliphatic heterocycles. The Morgan fingerprint density at radius 3 is 2.84 bits per heavy atom. The summed E-state index contributed by atoms with van der Waals surface area (Å²) in [6.07, 6.45) is 7.13. The van der Waals surface area contributed by atoms with Crippen LogP contribution in [0, 0.1) is 6.92 Å². The molecule has 3 aromatic heterocycles. The first-order valence-corrected chi connectivity index (χ1v) is 13.1. The van der Waals surface area contributed by atoms with E-state index in [4.69, 9.17) is 15.5 Å². The molecule has 0 bridgehead atoms. The van der Waals surface area contributed by atoms with Crippen molar-refractivity contribution in [2.24, 2.45) is 5.73 Å². The Morgan fingerprint density at radius 2 is 2.00 bits per heavy atom. The van der Waals surface area contributed by atoms with Crippen molar-refractivity contribution in [1.82, 2.24) is 29.0 Å². The molecule has 0 saturated carbocycles. The quantitative estimate of drug-likeness (QED) is 0.397. The van der Waals surface area contributed by atoms with E-state index in [2.05, 4.69) is 50.3 Å². The summed E-state index contributed by atoms with van der Waals surface area (Å²) in [7, 11) is 0. The number of carbonyl (C=O) groups is 1. The number of hydrogen-bond acceptors (Lipinski definition) is 6. The number of likely N-dealkylation sites (tertiary alicyclic amines) is 1. The van der Waals surface area contributed by atoms with E-state index < -0.39 is 0 Å². The van der Waals surface area contributed by atoms with Crippen LogP contribution in [0.5, 0.6) is 5.75 Å². The van der Waals surface area contributed by atoms with Gasteiger partial charge < -0.3 is 24.5 Å².